The molecule has 6 nitrogen and oxygen atoms in total. The highest BCUT2D eigenvalue weighted by Gasteiger charge is 2.08. The topological polar surface area (TPSA) is 101 Å². The first kappa shape index (κ1) is 13.8. The predicted molar refractivity (Wildman–Crippen MR) is 71.2 cm³/mol. The molecule has 0 radical (unpaired) electrons. The van der Waals surface area contributed by atoms with E-state index in [9.17, 15) is 9.59 Å². The largest absolute Gasteiger partial charge is 0.397 e. The minimum absolute atomic E-state index is 0.0316. The normalized spacial score (nSPS) is 9.89. The maximum absolute atomic E-state index is 11.6. The van der Waals surface area contributed by atoms with Gasteiger partial charge in [-0.15, -0.1) is 0 Å². The van der Waals surface area contributed by atoms with E-state index < -0.39 is 5.91 Å². The predicted octanol–water partition coefficient (Wildman–Crippen LogP) is 0.258. The van der Waals surface area contributed by atoms with E-state index in [1.807, 2.05) is 6.92 Å². The second-order valence-corrected chi connectivity index (χ2v) is 3.93. The first-order valence-corrected chi connectivity index (χ1v) is 5.62. The van der Waals surface area contributed by atoms with Crippen molar-refractivity contribution in [2.24, 2.45) is 5.73 Å². The molecule has 6 heteroatoms. The number of primary amides is 1. The van der Waals surface area contributed by atoms with Crippen molar-refractivity contribution in [1.29, 1.82) is 0 Å². The summed E-state index contributed by atoms with van der Waals surface area (Å²) >= 11 is 0. The molecule has 0 saturated heterocycles. The SMILES string of the molecule is CCN(C)C(=O)CNc1ccc(C(N)=O)cc1N. The summed E-state index contributed by atoms with van der Waals surface area (Å²) in [6, 6.07) is 4.68. The molecule has 5 N–H and O–H groups in total. The number of nitrogens with one attached hydrogen (secondary N) is 1. The number of hydrogen-bond acceptors (Lipinski definition) is 4. The smallest absolute Gasteiger partial charge is 0.248 e. The van der Waals surface area contributed by atoms with Gasteiger partial charge in [-0.25, -0.2) is 0 Å². The second-order valence-electron chi connectivity index (χ2n) is 3.93. The third-order valence-corrected chi connectivity index (χ3v) is 2.67. The summed E-state index contributed by atoms with van der Waals surface area (Å²) in [7, 11) is 1.73. The maximum atomic E-state index is 11.6. The molecule has 0 spiro atoms. The number of nitrogens with two attached hydrogens (primary N) is 2. The summed E-state index contributed by atoms with van der Waals surface area (Å²) in [4.78, 5) is 24.1. The number of nitrogen functional groups attached to an aromatic ring is 1. The van der Waals surface area contributed by atoms with Gasteiger partial charge in [-0.2, -0.15) is 0 Å². The number of carbonyl (C=O) groups excluding carboxylic acids is 2. The lowest BCUT2D eigenvalue weighted by atomic mass is 10.1. The Morgan fingerprint density at radius 2 is 2.06 bits per heavy atom. The molecule has 0 fully saturated rings. The number of nitrogens with zero attached hydrogens (tertiary/aromatic N) is 1. The molecular weight excluding hydrogens is 232 g/mol. The molecule has 0 unspecified atom stereocenters. The van der Waals surface area contributed by atoms with E-state index >= 15 is 0 Å². The third-order valence-electron chi connectivity index (χ3n) is 2.67. The van der Waals surface area contributed by atoms with Gasteiger partial charge in [-0.1, -0.05) is 0 Å². The molecule has 0 bridgehead atoms. The Bertz CT molecular complexity index is 459. The van der Waals surface area contributed by atoms with Gasteiger partial charge in [0.25, 0.3) is 0 Å². The maximum Gasteiger partial charge on any atom is 0.248 e. The quantitative estimate of drug-likeness (QED) is 0.652. The number of amides is 2. The Morgan fingerprint density at radius 1 is 1.39 bits per heavy atom. The molecule has 0 aliphatic heterocycles. The average molecular weight is 250 g/mol. The standard InChI is InChI=1S/C12H18N4O2/c1-3-16(2)11(17)7-15-10-5-4-8(12(14)18)6-9(10)13/h4-6,15H,3,7,13H2,1-2H3,(H2,14,18). The molecule has 1 rings (SSSR count). The third kappa shape index (κ3) is 3.38. The molecule has 0 saturated carbocycles. The van der Waals surface area contributed by atoms with Gasteiger partial charge >= 0.3 is 0 Å². The average Bonchev–Trinajstić information content (AvgIpc) is 2.35. The molecule has 0 atom stereocenters. The van der Waals surface area contributed by atoms with Crippen molar-refractivity contribution in [3.05, 3.63) is 23.8 Å². The molecule has 2 amide bonds. The summed E-state index contributed by atoms with van der Waals surface area (Å²) < 4.78 is 0. The van der Waals surface area contributed by atoms with E-state index in [4.69, 9.17) is 11.5 Å². The van der Waals surface area contributed by atoms with Crippen LogP contribution in [0.5, 0.6) is 0 Å². The van der Waals surface area contributed by atoms with E-state index in [1.165, 1.54) is 6.07 Å². The van der Waals surface area contributed by atoms with Crippen molar-refractivity contribution in [3.63, 3.8) is 0 Å². The fourth-order valence-corrected chi connectivity index (χ4v) is 1.36. The summed E-state index contributed by atoms with van der Waals surface area (Å²) in [6.45, 7) is 2.70. The van der Waals surface area contributed by atoms with Crippen LogP contribution in [-0.4, -0.2) is 36.9 Å². The fraction of sp³-hybridized carbons (Fsp3) is 0.333. The number of carbonyl (C=O) groups is 2. The monoisotopic (exact) mass is 250 g/mol. The van der Waals surface area contributed by atoms with E-state index in [1.54, 1.807) is 24.1 Å². The van der Waals surface area contributed by atoms with Crippen LogP contribution in [0.25, 0.3) is 0 Å². The summed E-state index contributed by atoms with van der Waals surface area (Å²) in [5, 5.41) is 2.93. The highest BCUT2D eigenvalue weighted by atomic mass is 16.2. The van der Waals surface area contributed by atoms with Gasteiger partial charge in [0.05, 0.1) is 17.9 Å². The van der Waals surface area contributed by atoms with Gasteiger partial charge in [0.1, 0.15) is 0 Å². The van der Waals surface area contributed by atoms with Gasteiger partial charge < -0.3 is 21.7 Å². The van der Waals surface area contributed by atoms with Crippen LogP contribution >= 0.6 is 0 Å². The summed E-state index contributed by atoms with van der Waals surface area (Å²) in [6.07, 6.45) is 0. The first-order chi connectivity index (χ1) is 8.45. The van der Waals surface area contributed by atoms with Crippen LogP contribution in [0, 0.1) is 0 Å². The Morgan fingerprint density at radius 3 is 2.56 bits per heavy atom. The van der Waals surface area contributed by atoms with Crippen LogP contribution in [0.1, 0.15) is 17.3 Å². The second kappa shape index (κ2) is 5.90. The fourth-order valence-electron chi connectivity index (χ4n) is 1.36. The number of likely N-dealkylation sites (N-methyl/N-ethyl adjacent to an activating group) is 1. The Hall–Kier alpha value is -2.24. The van der Waals surface area contributed by atoms with E-state index in [-0.39, 0.29) is 12.5 Å². The molecule has 0 aromatic heterocycles. The zero-order chi connectivity index (χ0) is 13.7. The lowest BCUT2D eigenvalue weighted by Crippen LogP contribution is -2.32. The van der Waals surface area contributed by atoms with E-state index in [0.29, 0.717) is 23.5 Å². The van der Waals surface area contributed by atoms with Crippen molar-refractivity contribution in [1.82, 2.24) is 4.90 Å². The van der Waals surface area contributed by atoms with Gasteiger partial charge in [-0.3, -0.25) is 9.59 Å². The van der Waals surface area contributed by atoms with Crippen LogP contribution < -0.4 is 16.8 Å². The van der Waals surface area contributed by atoms with Crippen molar-refractivity contribution in [3.8, 4) is 0 Å². The van der Waals surface area contributed by atoms with Gasteiger partial charge in [0.15, 0.2) is 0 Å². The highest BCUT2D eigenvalue weighted by molar-refractivity contribution is 5.95. The first-order valence-electron chi connectivity index (χ1n) is 5.62. The van der Waals surface area contributed by atoms with E-state index in [0.717, 1.165) is 0 Å². The highest BCUT2D eigenvalue weighted by Crippen LogP contribution is 2.19. The van der Waals surface area contributed by atoms with E-state index in [2.05, 4.69) is 5.32 Å². The van der Waals surface area contributed by atoms with Gasteiger partial charge in [-0.05, 0) is 25.1 Å². The molecule has 18 heavy (non-hydrogen) atoms. The van der Waals surface area contributed by atoms with Gasteiger partial charge in [0, 0.05) is 19.2 Å². The molecule has 1 aromatic carbocycles. The molecular formula is C12H18N4O2. The number of hydrogen-bond donors (Lipinski definition) is 3. The molecule has 98 valence electrons. The number of benzene rings is 1. The van der Waals surface area contributed by atoms with Crippen LogP contribution in [0.4, 0.5) is 11.4 Å². The van der Waals surface area contributed by atoms with Gasteiger partial charge in [0.2, 0.25) is 11.8 Å². The van der Waals surface area contributed by atoms with Crippen LogP contribution in [0.2, 0.25) is 0 Å². The summed E-state index contributed by atoms with van der Waals surface area (Å²) in [5.74, 6) is -0.564. The summed E-state index contributed by atoms with van der Waals surface area (Å²) in [5.41, 5.74) is 12.2. The molecule has 0 aliphatic carbocycles. The Balaban J connectivity index is 2.69. The number of anilines is 2. The lowest BCUT2D eigenvalue weighted by Gasteiger charge is -2.16. The molecule has 0 heterocycles. The minimum Gasteiger partial charge on any atom is -0.397 e. The zero-order valence-electron chi connectivity index (χ0n) is 10.6. The minimum atomic E-state index is -0.532. The Labute approximate surface area is 106 Å². The molecule has 0 aliphatic rings. The lowest BCUT2D eigenvalue weighted by molar-refractivity contribution is -0.127. The van der Waals surface area contributed by atoms with Crippen LogP contribution in [0.15, 0.2) is 18.2 Å². The van der Waals surface area contributed by atoms with Crippen LogP contribution in [0.3, 0.4) is 0 Å². The Kier molecular flexibility index (Phi) is 4.53. The van der Waals surface area contributed by atoms with Crippen molar-refractivity contribution >= 4 is 23.2 Å². The van der Waals surface area contributed by atoms with Crippen molar-refractivity contribution in [2.45, 2.75) is 6.92 Å². The zero-order valence-corrected chi connectivity index (χ0v) is 10.6. The van der Waals surface area contributed by atoms with Crippen LogP contribution in [-0.2, 0) is 4.79 Å². The number of rotatable bonds is 5. The van der Waals surface area contributed by atoms with Crippen molar-refractivity contribution < 1.29 is 9.59 Å². The van der Waals surface area contributed by atoms with Crippen molar-refractivity contribution in [2.75, 3.05) is 31.2 Å². The molecule has 1 aromatic rings.